The number of unbranched alkanes of at least 4 members (excludes halogenated alkanes) is 6. The second-order valence-electron chi connectivity index (χ2n) is 24.0. The summed E-state index contributed by atoms with van der Waals surface area (Å²) in [5.74, 6) is -1.97. The van der Waals surface area contributed by atoms with Crippen molar-refractivity contribution in [1.29, 1.82) is 0 Å². The number of halogens is 2. The van der Waals surface area contributed by atoms with E-state index in [2.05, 4.69) is 30.7 Å². The van der Waals surface area contributed by atoms with Crippen molar-refractivity contribution in [3.63, 3.8) is 0 Å². The third-order valence-corrected chi connectivity index (χ3v) is 17.7. The molecule has 3 amide bonds. The van der Waals surface area contributed by atoms with Crippen LogP contribution in [0.5, 0.6) is 0 Å². The van der Waals surface area contributed by atoms with Crippen LogP contribution in [0.4, 0.5) is 26.0 Å². The van der Waals surface area contributed by atoms with Gasteiger partial charge in [-0.1, -0.05) is 83.2 Å². The molecule has 442 valence electrons. The molecule has 18 heteroatoms. The lowest BCUT2D eigenvalue weighted by Gasteiger charge is -2.36. The number of H-pyrrole nitrogens is 1. The molecule has 6 aromatic rings. The van der Waals surface area contributed by atoms with Crippen LogP contribution < -0.4 is 15.5 Å². The lowest BCUT2D eigenvalue weighted by Crippen LogP contribution is -2.48. The van der Waals surface area contributed by atoms with Gasteiger partial charge in [-0.05, 0) is 116 Å². The third kappa shape index (κ3) is 16.3. The number of piperazine rings is 1. The first-order valence-electron chi connectivity index (χ1n) is 29.7. The van der Waals surface area contributed by atoms with Crippen LogP contribution in [0.15, 0.2) is 84.4 Å². The fourth-order valence-electron chi connectivity index (χ4n) is 11.8. The number of aromatic amines is 1. The molecule has 15 nitrogen and oxygen atoms in total. The number of aryl methyl sites for hydroxylation is 2. The van der Waals surface area contributed by atoms with E-state index in [0.717, 1.165) is 96.8 Å². The number of rotatable bonds is 25. The molecule has 0 radical (unpaired) electrons. The topological polar surface area (TPSA) is 190 Å². The van der Waals surface area contributed by atoms with Gasteiger partial charge in [-0.25, -0.2) is 13.8 Å². The second-order valence-corrected chi connectivity index (χ2v) is 24.8. The molecular formula is C65H80F2N8O7S. The van der Waals surface area contributed by atoms with Gasteiger partial charge >= 0.3 is 0 Å². The number of nitrogens with one attached hydrogen (secondary N) is 3. The number of likely N-dealkylation sites (tertiary alicyclic amines) is 1. The minimum Gasteiger partial charge on any atom is -0.391 e. The van der Waals surface area contributed by atoms with Crippen LogP contribution >= 0.6 is 11.3 Å². The maximum Gasteiger partial charge on any atom is 0.258 e. The Balaban J connectivity index is 0.678. The molecule has 3 fully saturated rings. The first-order chi connectivity index (χ1) is 39.9. The number of carbonyl (C=O) groups is 5. The smallest absolute Gasteiger partial charge is 0.258 e. The van der Waals surface area contributed by atoms with Crippen LogP contribution in [-0.4, -0.2) is 124 Å². The van der Waals surface area contributed by atoms with Gasteiger partial charge < -0.3 is 35.2 Å². The van der Waals surface area contributed by atoms with E-state index in [4.69, 9.17) is 4.74 Å². The molecule has 3 aliphatic rings. The molecule has 0 bridgehead atoms. The molecule has 9 rings (SSSR count). The van der Waals surface area contributed by atoms with Gasteiger partial charge in [0.15, 0.2) is 11.6 Å². The highest BCUT2D eigenvalue weighted by atomic mass is 32.1. The molecule has 0 aliphatic carbocycles. The molecule has 83 heavy (non-hydrogen) atoms. The van der Waals surface area contributed by atoms with Gasteiger partial charge in [0.1, 0.15) is 17.4 Å². The van der Waals surface area contributed by atoms with Crippen LogP contribution in [0, 0.1) is 29.9 Å². The molecule has 2 aromatic heterocycles. The Morgan fingerprint density at radius 3 is 2.18 bits per heavy atom. The number of ether oxygens (including phenoxy) is 1. The van der Waals surface area contributed by atoms with E-state index in [1.54, 1.807) is 16.2 Å². The van der Waals surface area contributed by atoms with Crippen LogP contribution in [0.1, 0.15) is 143 Å². The van der Waals surface area contributed by atoms with Crippen molar-refractivity contribution in [2.24, 2.45) is 11.3 Å². The molecule has 3 atom stereocenters. The number of Topliss-reactive ketones (excluding diaryl/α,β-unsaturated/α-hetero) is 2. The standard InChI is InChI=1S/C65H80F2N8O7S/c1-42-61(83-41-68-42)46-18-14-43(15-19-46)17-23-59(78)58-39-52(77)40-75(58)64(81)55(65(2,3)4)38-51(76)12-10-8-6-5-7-9-11-13-60(79)74-28-26-73(27-29-74)50-20-21-53(57(37-50)69-49-24-30-82-31-25-49)63(80)70-62-54-35-44(16-22-56(54)71-72-62)32-45-33-47(66)36-48(67)34-45/h14-16,18-22,33-37,41,49,52,55,58,69,77H,5-13,17,23-32,38-40H2,1-4H3,(H2,70,71,72,80)/t52-,55?,58+/m1/s1. The summed E-state index contributed by atoms with van der Waals surface area (Å²) in [6.07, 6.45) is 9.55. The summed E-state index contributed by atoms with van der Waals surface area (Å²) in [5.41, 5.74) is 8.54. The van der Waals surface area contributed by atoms with Gasteiger partial charge in [0.2, 0.25) is 11.8 Å². The SMILES string of the molecule is Cc1ncsc1-c1ccc(CCC(=O)[C@@H]2C[C@@H](O)CN2C(=O)C(CC(=O)CCCCCCCCCC(=O)N2CCN(c3ccc(C(=O)Nc4n[nH]c5ccc(Cc6cc(F)cc(F)c6)cc45)c(NC4CCOCC4)c3)CC2)C(C)(C)C)cc1. The van der Waals surface area contributed by atoms with E-state index in [-0.39, 0.29) is 61.1 Å². The Hall–Kier alpha value is -6.89. The Labute approximate surface area is 490 Å². The number of carbonyl (C=O) groups excluding carboxylic acids is 5. The van der Waals surface area contributed by atoms with Crippen molar-refractivity contribution in [3.05, 3.63) is 124 Å². The molecule has 5 heterocycles. The van der Waals surface area contributed by atoms with Crippen LogP contribution in [0.2, 0.25) is 0 Å². The minimum absolute atomic E-state index is 0.0435. The molecule has 3 aliphatic heterocycles. The average Bonchev–Trinajstić information content (AvgIpc) is 4.45. The van der Waals surface area contributed by atoms with Crippen LogP contribution in [-0.2, 0) is 36.8 Å². The van der Waals surface area contributed by atoms with Crippen molar-refractivity contribution in [2.45, 2.75) is 149 Å². The Bertz CT molecular complexity index is 3200. The highest BCUT2D eigenvalue weighted by Crippen LogP contribution is 2.36. The monoisotopic (exact) mass is 1150 g/mol. The maximum absolute atomic E-state index is 14.2. The van der Waals surface area contributed by atoms with E-state index >= 15 is 0 Å². The first kappa shape index (κ1) is 60.7. The zero-order chi connectivity index (χ0) is 58.6. The Kier molecular flexibility index (Phi) is 20.6. The molecular weight excluding hydrogens is 1070 g/mol. The Morgan fingerprint density at radius 1 is 0.807 bits per heavy atom. The maximum atomic E-state index is 14.2. The number of hydrogen-bond acceptors (Lipinski definition) is 12. The number of thiazole rings is 1. The number of hydrogen-bond donors (Lipinski definition) is 4. The van der Waals surface area contributed by atoms with Gasteiger partial charge in [-0.3, -0.25) is 29.1 Å². The van der Waals surface area contributed by atoms with Crippen molar-refractivity contribution >= 4 is 68.7 Å². The number of benzene rings is 4. The summed E-state index contributed by atoms with van der Waals surface area (Å²) in [7, 11) is 0. The summed E-state index contributed by atoms with van der Waals surface area (Å²) in [5, 5.41) is 25.4. The lowest BCUT2D eigenvalue weighted by molar-refractivity contribution is -0.145. The predicted octanol–water partition coefficient (Wildman–Crippen LogP) is 11.7. The average molecular weight is 1160 g/mol. The summed E-state index contributed by atoms with van der Waals surface area (Å²) in [6.45, 7) is 11.7. The number of aliphatic hydroxyl groups is 1. The summed E-state index contributed by atoms with van der Waals surface area (Å²) >= 11 is 1.60. The van der Waals surface area contributed by atoms with Crippen LogP contribution in [0.25, 0.3) is 21.3 Å². The molecule has 3 saturated heterocycles. The fraction of sp³-hybridized carbons (Fsp3) is 0.492. The van der Waals surface area contributed by atoms with Gasteiger partial charge in [0.25, 0.3) is 5.91 Å². The second kappa shape index (κ2) is 28.1. The molecule has 1 unspecified atom stereocenters. The minimum atomic E-state index is -0.786. The lowest BCUT2D eigenvalue weighted by atomic mass is 9.76. The largest absolute Gasteiger partial charge is 0.391 e. The van der Waals surface area contributed by atoms with E-state index in [1.165, 1.54) is 12.1 Å². The first-order valence-corrected chi connectivity index (χ1v) is 30.6. The number of fused-ring (bicyclic) bond motifs is 1. The van der Waals surface area contributed by atoms with E-state index in [0.29, 0.717) is 98.6 Å². The number of anilines is 3. The van der Waals surface area contributed by atoms with Crippen molar-refractivity contribution in [2.75, 3.05) is 61.5 Å². The van der Waals surface area contributed by atoms with E-state index < -0.39 is 35.1 Å². The third-order valence-electron chi connectivity index (χ3n) is 16.7. The number of nitrogens with zero attached hydrogens (tertiary/aromatic N) is 5. The number of β-amino-alcohol motifs (C(OH)–C–C–N with tert-alkyl or cyclic N) is 1. The number of aromatic nitrogens is 3. The normalized spacial score (nSPS) is 17.3. The number of aliphatic hydroxyl groups excluding tert-OH is 1. The summed E-state index contributed by atoms with van der Waals surface area (Å²) < 4.78 is 33.5. The molecule has 0 spiro atoms. The van der Waals surface area contributed by atoms with Crippen molar-refractivity contribution in [1.82, 2.24) is 25.0 Å². The number of amides is 3. The van der Waals surface area contributed by atoms with Crippen LogP contribution in [0.3, 0.4) is 0 Å². The highest BCUT2D eigenvalue weighted by molar-refractivity contribution is 7.13. The summed E-state index contributed by atoms with van der Waals surface area (Å²) in [4.78, 5) is 79.9. The zero-order valence-electron chi connectivity index (χ0n) is 48.5. The van der Waals surface area contributed by atoms with Crippen molar-refractivity contribution in [3.8, 4) is 10.4 Å². The van der Waals surface area contributed by atoms with Gasteiger partial charge in [-0.15, -0.1) is 11.3 Å². The summed E-state index contributed by atoms with van der Waals surface area (Å²) in [6, 6.07) is 22.4. The molecule has 0 saturated carbocycles. The predicted molar refractivity (Wildman–Crippen MR) is 322 cm³/mol. The highest BCUT2D eigenvalue weighted by Gasteiger charge is 2.44. The Morgan fingerprint density at radius 2 is 1.49 bits per heavy atom. The van der Waals surface area contributed by atoms with E-state index in [9.17, 15) is 37.9 Å². The van der Waals surface area contributed by atoms with Gasteiger partial charge in [0, 0.05) is 113 Å². The molecule has 4 aromatic carbocycles. The van der Waals surface area contributed by atoms with E-state index in [1.807, 2.05) is 98.8 Å². The van der Waals surface area contributed by atoms with Gasteiger partial charge in [-0.2, -0.15) is 5.10 Å². The van der Waals surface area contributed by atoms with Gasteiger partial charge in [0.05, 0.1) is 39.3 Å². The van der Waals surface area contributed by atoms with Crippen molar-refractivity contribution < 1.29 is 42.6 Å². The molecule has 4 N–H and O–H groups in total. The number of ketones is 2. The fourth-order valence-corrected chi connectivity index (χ4v) is 12.7. The zero-order valence-corrected chi connectivity index (χ0v) is 49.3. The quantitative estimate of drug-likeness (QED) is 0.0399.